The molecule has 0 aromatic heterocycles. The van der Waals surface area contributed by atoms with E-state index in [2.05, 4.69) is 0 Å². The van der Waals surface area contributed by atoms with E-state index < -0.39 is 11.9 Å². The highest BCUT2D eigenvalue weighted by Crippen LogP contribution is 2.14. The molecule has 3 nitrogen and oxygen atoms in total. The second-order valence-electron chi connectivity index (χ2n) is 3.10. The van der Waals surface area contributed by atoms with E-state index in [1.165, 1.54) is 0 Å². The molecule has 84 valence electrons. The molecule has 15 heavy (non-hydrogen) atoms. The zero-order valence-electron chi connectivity index (χ0n) is 8.02. The summed E-state index contributed by atoms with van der Waals surface area (Å²) >= 11 is 5.77. The molecule has 0 spiro atoms. The van der Waals surface area contributed by atoms with Crippen LogP contribution in [0.15, 0.2) is 24.3 Å². The highest BCUT2D eigenvalue weighted by Gasteiger charge is 2.15. The molecule has 5 heteroatoms. The van der Waals surface area contributed by atoms with Crippen LogP contribution in [-0.2, 0) is 11.2 Å². The van der Waals surface area contributed by atoms with Crippen molar-refractivity contribution in [1.29, 1.82) is 0 Å². The maximum absolute atomic E-state index is 10.7. The molecular weight excluding hydrogens is 237 g/mol. The van der Waals surface area contributed by atoms with Gasteiger partial charge in [-0.1, -0.05) is 23.7 Å². The molecule has 3 N–H and O–H groups in total. The SMILES string of the molecule is Cl.NC[C@H](Cc1cccc(Cl)c1)C(=O)O. The van der Waals surface area contributed by atoms with E-state index in [4.69, 9.17) is 22.4 Å². The average Bonchev–Trinajstić information content (AvgIpc) is 2.14. The molecule has 0 aliphatic carbocycles. The van der Waals surface area contributed by atoms with Crippen molar-refractivity contribution in [3.8, 4) is 0 Å². The first kappa shape index (κ1) is 14.2. The summed E-state index contributed by atoms with van der Waals surface area (Å²) in [5.41, 5.74) is 6.24. The van der Waals surface area contributed by atoms with E-state index >= 15 is 0 Å². The van der Waals surface area contributed by atoms with Gasteiger partial charge in [0.15, 0.2) is 0 Å². The molecule has 0 amide bonds. The summed E-state index contributed by atoms with van der Waals surface area (Å²) < 4.78 is 0. The lowest BCUT2D eigenvalue weighted by molar-refractivity contribution is -0.141. The summed E-state index contributed by atoms with van der Waals surface area (Å²) in [6.07, 6.45) is 0.423. The van der Waals surface area contributed by atoms with Gasteiger partial charge in [-0.2, -0.15) is 0 Å². The number of carbonyl (C=O) groups is 1. The van der Waals surface area contributed by atoms with Crippen molar-refractivity contribution in [3.63, 3.8) is 0 Å². The van der Waals surface area contributed by atoms with Gasteiger partial charge in [0.1, 0.15) is 0 Å². The molecule has 0 heterocycles. The van der Waals surface area contributed by atoms with Crippen molar-refractivity contribution in [2.24, 2.45) is 11.7 Å². The van der Waals surface area contributed by atoms with Crippen LogP contribution in [0.1, 0.15) is 5.56 Å². The minimum Gasteiger partial charge on any atom is -0.481 e. The number of aliphatic carboxylic acids is 1. The first-order chi connectivity index (χ1) is 6.63. The minimum absolute atomic E-state index is 0. The highest BCUT2D eigenvalue weighted by molar-refractivity contribution is 6.30. The molecule has 0 bridgehead atoms. The van der Waals surface area contributed by atoms with Crippen molar-refractivity contribution >= 4 is 30.0 Å². The second kappa shape index (κ2) is 6.67. The van der Waals surface area contributed by atoms with Gasteiger partial charge in [0.2, 0.25) is 0 Å². The summed E-state index contributed by atoms with van der Waals surface area (Å²) in [5, 5.41) is 9.41. The van der Waals surface area contributed by atoms with E-state index in [0.29, 0.717) is 11.4 Å². The first-order valence-corrected chi connectivity index (χ1v) is 4.68. The summed E-state index contributed by atoms with van der Waals surface area (Å²) in [4.78, 5) is 10.7. The van der Waals surface area contributed by atoms with E-state index in [0.717, 1.165) is 5.56 Å². The second-order valence-corrected chi connectivity index (χ2v) is 3.54. The average molecular weight is 250 g/mol. The first-order valence-electron chi connectivity index (χ1n) is 4.31. The highest BCUT2D eigenvalue weighted by atomic mass is 35.5. The Labute approximate surface area is 99.6 Å². The number of halogens is 2. The molecule has 1 rings (SSSR count). The number of hydrogen-bond donors (Lipinski definition) is 2. The van der Waals surface area contributed by atoms with Crippen molar-refractivity contribution in [1.82, 2.24) is 0 Å². The molecule has 1 atom stereocenters. The summed E-state index contributed by atoms with van der Waals surface area (Å²) in [6.45, 7) is 0.141. The lowest BCUT2D eigenvalue weighted by Crippen LogP contribution is -2.25. The monoisotopic (exact) mass is 249 g/mol. The van der Waals surface area contributed by atoms with Crippen molar-refractivity contribution in [3.05, 3.63) is 34.9 Å². The van der Waals surface area contributed by atoms with Gasteiger partial charge in [-0.3, -0.25) is 4.79 Å². The minimum atomic E-state index is -0.868. The fourth-order valence-electron chi connectivity index (χ4n) is 1.22. The molecule has 1 aromatic rings. The third-order valence-corrected chi connectivity index (χ3v) is 2.24. The zero-order valence-corrected chi connectivity index (χ0v) is 9.59. The van der Waals surface area contributed by atoms with Crippen LogP contribution in [0.3, 0.4) is 0 Å². The maximum Gasteiger partial charge on any atom is 0.308 e. The fourth-order valence-corrected chi connectivity index (χ4v) is 1.43. The van der Waals surface area contributed by atoms with Gasteiger partial charge in [-0.15, -0.1) is 12.4 Å². The third-order valence-electron chi connectivity index (χ3n) is 2.00. The van der Waals surface area contributed by atoms with Gasteiger partial charge >= 0.3 is 5.97 Å². The molecule has 0 radical (unpaired) electrons. The summed E-state index contributed by atoms with van der Waals surface area (Å²) in [7, 11) is 0. The van der Waals surface area contributed by atoms with Crippen LogP contribution in [-0.4, -0.2) is 17.6 Å². The molecular formula is C10H13Cl2NO2. The Kier molecular flexibility index (Phi) is 6.32. The normalized spacial score (nSPS) is 11.6. The number of rotatable bonds is 4. The predicted molar refractivity (Wildman–Crippen MR) is 62.6 cm³/mol. The summed E-state index contributed by atoms with van der Waals surface area (Å²) in [6, 6.07) is 7.15. The Morgan fingerprint density at radius 1 is 1.53 bits per heavy atom. The van der Waals surface area contributed by atoms with E-state index in [-0.39, 0.29) is 19.0 Å². The lowest BCUT2D eigenvalue weighted by atomic mass is 10.00. The maximum atomic E-state index is 10.7. The van der Waals surface area contributed by atoms with Gasteiger partial charge in [0.25, 0.3) is 0 Å². The Bertz CT molecular complexity index is 331. The molecule has 0 aliphatic heterocycles. The third kappa shape index (κ3) is 4.51. The number of hydrogen-bond acceptors (Lipinski definition) is 2. The molecule has 1 aromatic carbocycles. The molecule has 0 fully saturated rings. The number of carboxylic acid groups (broad SMARTS) is 1. The topological polar surface area (TPSA) is 63.3 Å². The predicted octanol–water partition coefficient (Wildman–Crippen LogP) is 1.96. The number of carboxylic acids is 1. The zero-order chi connectivity index (χ0) is 10.6. The number of nitrogens with two attached hydrogens (primary N) is 1. The van der Waals surface area contributed by atoms with Gasteiger partial charge < -0.3 is 10.8 Å². The number of benzene rings is 1. The van der Waals surface area contributed by atoms with Gasteiger partial charge in [0, 0.05) is 11.6 Å². The van der Waals surface area contributed by atoms with Crippen LogP contribution in [0.2, 0.25) is 5.02 Å². The molecule has 0 unspecified atom stereocenters. The van der Waals surface area contributed by atoms with E-state index in [1.54, 1.807) is 18.2 Å². The van der Waals surface area contributed by atoms with Crippen molar-refractivity contribution < 1.29 is 9.90 Å². The van der Waals surface area contributed by atoms with Crippen molar-refractivity contribution in [2.45, 2.75) is 6.42 Å². The largest absolute Gasteiger partial charge is 0.481 e. The Morgan fingerprint density at radius 2 is 2.20 bits per heavy atom. The molecule has 0 saturated heterocycles. The summed E-state index contributed by atoms with van der Waals surface area (Å²) in [5.74, 6) is -1.40. The van der Waals surface area contributed by atoms with Crippen molar-refractivity contribution in [2.75, 3.05) is 6.54 Å². The van der Waals surface area contributed by atoms with Crippen LogP contribution in [0.4, 0.5) is 0 Å². The van der Waals surface area contributed by atoms with Gasteiger partial charge in [-0.05, 0) is 24.1 Å². The van der Waals surface area contributed by atoms with E-state index in [9.17, 15) is 4.79 Å². The molecule has 0 aliphatic rings. The van der Waals surface area contributed by atoms with Gasteiger partial charge in [-0.25, -0.2) is 0 Å². The standard InChI is InChI=1S/C10H12ClNO2.ClH/c11-9-3-1-2-7(5-9)4-8(6-12)10(13)14;/h1-3,5,8H,4,6,12H2,(H,13,14);1H/t8-;/m0./s1. The Balaban J connectivity index is 0.00000196. The van der Waals surface area contributed by atoms with Crippen LogP contribution < -0.4 is 5.73 Å². The Hall–Kier alpha value is -0.770. The smallest absolute Gasteiger partial charge is 0.308 e. The van der Waals surface area contributed by atoms with E-state index in [1.807, 2.05) is 6.07 Å². The quantitative estimate of drug-likeness (QED) is 0.858. The lowest BCUT2D eigenvalue weighted by Gasteiger charge is -2.09. The van der Waals surface area contributed by atoms with Crippen LogP contribution in [0, 0.1) is 5.92 Å². The molecule has 0 saturated carbocycles. The fraction of sp³-hybridized carbons (Fsp3) is 0.300. The van der Waals surface area contributed by atoms with Crippen LogP contribution in [0.5, 0.6) is 0 Å². The van der Waals surface area contributed by atoms with Crippen LogP contribution in [0.25, 0.3) is 0 Å². The van der Waals surface area contributed by atoms with Gasteiger partial charge in [0.05, 0.1) is 5.92 Å². The van der Waals surface area contributed by atoms with Crippen LogP contribution >= 0.6 is 24.0 Å². The Morgan fingerprint density at radius 3 is 2.67 bits per heavy atom.